The first-order chi connectivity index (χ1) is 15.3. The maximum absolute atomic E-state index is 13.0. The van der Waals surface area contributed by atoms with Crippen LogP contribution in [0, 0.1) is 34.5 Å². The Morgan fingerprint density at radius 1 is 1.12 bits per heavy atom. The fourth-order valence-corrected chi connectivity index (χ4v) is 9.25. The van der Waals surface area contributed by atoms with E-state index in [4.69, 9.17) is 13.9 Å². The maximum Gasteiger partial charge on any atom is 0.335 e. The molecule has 5 aliphatic rings. The molecular formula is C26H34O6. The van der Waals surface area contributed by atoms with Crippen molar-refractivity contribution in [3.8, 4) is 0 Å². The predicted molar refractivity (Wildman–Crippen MR) is 116 cm³/mol. The molecule has 6 rings (SSSR count). The van der Waals surface area contributed by atoms with E-state index >= 15 is 0 Å². The van der Waals surface area contributed by atoms with Crippen LogP contribution in [0.4, 0.5) is 0 Å². The number of carbonyl (C=O) groups is 1. The first-order valence-corrected chi connectivity index (χ1v) is 12.3. The van der Waals surface area contributed by atoms with Crippen LogP contribution in [0.5, 0.6) is 0 Å². The minimum Gasteiger partial charge on any atom is -0.469 e. The van der Waals surface area contributed by atoms with Crippen LogP contribution in [0.25, 0.3) is 0 Å². The average molecular weight is 443 g/mol. The van der Waals surface area contributed by atoms with Crippen LogP contribution in [0.2, 0.25) is 0 Å². The number of epoxide rings is 1. The lowest BCUT2D eigenvalue weighted by atomic mass is 9.44. The summed E-state index contributed by atoms with van der Waals surface area (Å²) in [5.41, 5.74) is 0.218. The zero-order valence-electron chi connectivity index (χ0n) is 19.2. The fraction of sp³-hybridized carbons (Fsp3) is 0.769. The molecule has 1 spiro atoms. The third kappa shape index (κ3) is 2.43. The fourth-order valence-electron chi connectivity index (χ4n) is 9.25. The molecule has 4 saturated carbocycles. The van der Waals surface area contributed by atoms with E-state index in [9.17, 15) is 14.7 Å². The Morgan fingerprint density at radius 2 is 1.94 bits per heavy atom. The van der Waals surface area contributed by atoms with Gasteiger partial charge in [0.05, 0.1) is 25.4 Å². The number of ether oxygens (including phenoxy) is 2. The van der Waals surface area contributed by atoms with Crippen LogP contribution < -0.4 is 5.63 Å². The molecular weight excluding hydrogens is 408 g/mol. The highest BCUT2D eigenvalue weighted by Gasteiger charge is 2.84. The molecule has 4 aliphatic carbocycles. The first-order valence-electron chi connectivity index (χ1n) is 12.3. The summed E-state index contributed by atoms with van der Waals surface area (Å²) in [4.78, 5) is 24.7. The molecule has 6 nitrogen and oxygen atoms in total. The topological polar surface area (TPSA) is 89.3 Å². The Balaban J connectivity index is 1.42. The van der Waals surface area contributed by atoms with E-state index < -0.39 is 0 Å². The van der Waals surface area contributed by atoms with E-state index in [2.05, 4.69) is 13.8 Å². The van der Waals surface area contributed by atoms with Gasteiger partial charge in [-0.15, -0.1) is 0 Å². The van der Waals surface area contributed by atoms with Crippen LogP contribution in [-0.2, 0) is 14.3 Å². The molecule has 32 heavy (non-hydrogen) atoms. The Bertz CT molecular complexity index is 982. The largest absolute Gasteiger partial charge is 0.469 e. The Kier molecular flexibility index (Phi) is 4.37. The van der Waals surface area contributed by atoms with Crippen LogP contribution in [-0.4, -0.2) is 36.0 Å². The number of fused-ring (bicyclic) bond motifs is 3. The van der Waals surface area contributed by atoms with Crippen molar-refractivity contribution >= 4 is 5.97 Å². The summed E-state index contributed by atoms with van der Waals surface area (Å²) >= 11 is 0. The lowest BCUT2D eigenvalue weighted by Crippen LogP contribution is -2.58. The molecule has 0 radical (unpaired) electrons. The highest BCUT2D eigenvalue weighted by molar-refractivity contribution is 5.77. The van der Waals surface area contributed by atoms with Gasteiger partial charge in [-0.05, 0) is 79.7 Å². The van der Waals surface area contributed by atoms with Gasteiger partial charge in [0.1, 0.15) is 11.7 Å². The molecule has 1 aromatic rings. The lowest BCUT2D eigenvalue weighted by molar-refractivity contribution is -0.154. The number of esters is 1. The van der Waals surface area contributed by atoms with Crippen LogP contribution in [0.15, 0.2) is 27.6 Å². The Morgan fingerprint density at radius 3 is 2.66 bits per heavy atom. The number of methoxy groups -OCH3 is 1. The molecule has 5 fully saturated rings. The number of hydrogen-bond donors (Lipinski definition) is 1. The summed E-state index contributed by atoms with van der Waals surface area (Å²) in [6.07, 6.45) is 8.44. The van der Waals surface area contributed by atoms with E-state index in [0.717, 1.165) is 50.5 Å². The lowest BCUT2D eigenvalue weighted by Gasteiger charge is -2.61. The van der Waals surface area contributed by atoms with Crippen LogP contribution in [0.3, 0.4) is 0 Å². The second kappa shape index (κ2) is 6.69. The molecule has 2 heterocycles. The molecule has 10 atom stereocenters. The van der Waals surface area contributed by atoms with Crippen LogP contribution in [0.1, 0.15) is 70.3 Å². The number of hydrogen-bond acceptors (Lipinski definition) is 6. The zero-order valence-corrected chi connectivity index (χ0v) is 19.2. The van der Waals surface area contributed by atoms with Gasteiger partial charge in [-0.2, -0.15) is 0 Å². The minimum absolute atomic E-state index is 0.0855. The highest BCUT2D eigenvalue weighted by Crippen LogP contribution is 2.79. The van der Waals surface area contributed by atoms with Crippen molar-refractivity contribution < 1.29 is 23.8 Å². The van der Waals surface area contributed by atoms with Crippen LogP contribution >= 0.6 is 0 Å². The molecule has 1 N–H and O–H groups in total. The first kappa shape index (κ1) is 20.9. The van der Waals surface area contributed by atoms with E-state index in [1.54, 1.807) is 6.26 Å². The molecule has 6 heteroatoms. The SMILES string of the molecule is COC(=O)[C@H]1C2OC23C2CC[C@@H]4C[C@@H](O)CC[C@]4(C)C2CC[C@]3(C)C1c1ccc(=O)oc1. The standard InChI is InChI=1S/C26H34O6/c1-24-10-8-16(27)12-15(24)5-6-18-17(24)9-11-25(2)21(14-4-7-19(28)31-13-14)20(23(29)30-3)22-26(18,25)32-22/h4,7,13,15-18,20-22,27H,5-6,8-12H2,1-3H3/t15-,16+,17?,18?,20-,21?,22?,24+,25-,26?/m1/s1. The van der Waals surface area contributed by atoms with E-state index in [-0.39, 0.29) is 52.1 Å². The molecule has 1 aromatic heterocycles. The van der Waals surface area contributed by atoms with Gasteiger partial charge in [0.15, 0.2) is 0 Å². The summed E-state index contributed by atoms with van der Waals surface area (Å²) < 4.78 is 17.1. The highest BCUT2D eigenvalue weighted by atomic mass is 16.6. The van der Waals surface area contributed by atoms with Crippen molar-refractivity contribution in [3.63, 3.8) is 0 Å². The third-order valence-electron chi connectivity index (χ3n) is 10.7. The monoisotopic (exact) mass is 442 g/mol. The van der Waals surface area contributed by atoms with Gasteiger partial charge in [0, 0.05) is 17.4 Å². The summed E-state index contributed by atoms with van der Waals surface area (Å²) in [5.74, 6) is 0.847. The van der Waals surface area contributed by atoms with E-state index in [1.165, 1.54) is 13.2 Å². The summed E-state index contributed by atoms with van der Waals surface area (Å²) in [6.45, 7) is 4.74. The normalized spacial score (nSPS) is 51.1. The summed E-state index contributed by atoms with van der Waals surface area (Å²) in [6, 6.07) is 3.28. The third-order valence-corrected chi connectivity index (χ3v) is 10.7. The van der Waals surface area contributed by atoms with Crippen molar-refractivity contribution in [2.75, 3.05) is 7.11 Å². The van der Waals surface area contributed by atoms with Gasteiger partial charge in [-0.3, -0.25) is 4.79 Å². The number of carbonyl (C=O) groups excluding carboxylic acids is 1. The van der Waals surface area contributed by atoms with Gasteiger partial charge < -0.3 is 19.0 Å². The van der Waals surface area contributed by atoms with Gasteiger partial charge >= 0.3 is 11.6 Å². The number of rotatable bonds is 2. The van der Waals surface area contributed by atoms with Crippen molar-refractivity contribution in [2.24, 2.45) is 34.5 Å². The molecule has 0 bridgehead atoms. The van der Waals surface area contributed by atoms with Gasteiger partial charge in [0.25, 0.3) is 0 Å². The molecule has 1 saturated heterocycles. The summed E-state index contributed by atoms with van der Waals surface area (Å²) in [7, 11) is 1.45. The smallest absolute Gasteiger partial charge is 0.335 e. The maximum atomic E-state index is 13.0. The zero-order chi connectivity index (χ0) is 22.5. The minimum atomic E-state index is -0.379. The van der Waals surface area contributed by atoms with Crippen molar-refractivity contribution in [3.05, 3.63) is 34.4 Å². The quantitative estimate of drug-likeness (QED) is 0.555. The van der Waals surface area contributed by atoms with E-state index in [1.807, 2.05) is 6.07 Å². The number of aliphatic hydroxyl groups is 1. The van der Waals surface area contributed by atoms with Gasteiger partial charge in [-0.1, -0.05) is 13.8 Å². The second-order valence-corrected chi connectivity index (χ2v) is 11.6. The van der Waals surface area contributed by atoms with E-state index in [0.29, 0.717) is 17.8 Å². The van der Waals surface area contributed by atoms with Gasteiger partial charge in [0.2, 0.25) is 0 Å². The molecule has 5 unspecified atom stereocenters. The van der Waals surface area contributed by atoms with Crippen molar-refractivity contribution in [1.29, 1.82) is 0 Å². The Labute approximate surface area is 188 Å². The summed E-state index contributed by atoms with van der Waals surface area (Å²) in [5, 5.41) is 10.3. The molecule has 0 aromatic carbocycles. The second-order valence-electron chi connectivity index (χ2n) is 11.6. The molecule has 1 aliphatic heterocycles. The Hall–Kier alpha value is -1.66. The van der Waals surface area contributed by atoms with Gasteiger partial charge in [-0.25, -0.2) is 4.79 Å². The molecule has 0 amide bonds. The number of aliphatic hydroxyl groups excluding tert-OH is 1. The predicted octanol–water partition coefficient (Wildman–Crippen LogP) is 3.66. The van der Waals surface area contributed by atoms with Crippen molar-refractivity contribution in [2.45, 2.75) is 82.5 Å². The average Bonchev–Trinajstić information content (AvgIpc) is 3.47. The molecule has 174 valence electrons. The van der Waals surface area contributed by atoms with Crippen molar-refractivity contribution in [1.82, 2.24) is 0 Å².